The number of carbonyl (C=O) groups is 1. The fraction of sp³-hybridized carbons (Fsp3) is 0.700. The summed E-state index contributed by atoms with van der Waals surface area (Å²) in [7, 11) is 3.02. The molecule has 1 aliphatic carbocycles. The van der Waals surface area contributed by atoms with Gasteiger partial charge in [-0.05, 0) is 12.8 Å². The van der Waals surface area contributed by atoms with E-state index in [9.17, 15) is 4.79 Å². The van der Waals surface area contributed by atoms with Gasteiger partial charge in [0.15, 0.2) is 6.29 Å². The second kappa shape index (κ2) is 5.24. The zero-order valence-corrected chi connectivity index (χ0v) is 9.90. The van der Waals surface area contributed by atoms with Gasteiger partial charge in [0.2, 0.25) is 5.82 Å². The van der Waals surface area contributed by atoms with E-state index in [1.165, 1.54) is 14.2 Å². The lowest BCUT2D eigenvalue weighted by atomic mass is 10.4. The Bertz CT molecular complexity index is 385. The fourth-order valence-electron chi connectivity index (χ4n) is 1.43. The van der Waals surface area contributed by atoms with Gasteiger partial charge in [0, 0.05) is 20.1 Å². The summed E-state index contributed by atoms with van der Waals surface area (Å²) in [4.78, 5) is 15.8. The Kier molecular flexibility index (Phi) is 3.70. The van der Waals surface area contributed by atoms with Crippen LogP contribution in [-0.2, 0) is 9.47 Å². The summed E-state index contributed by atoms with van der Waals surface area (Å²) in [6.07, 6.45) is 1.78. The quantitative estimate of drug-likeness (QED) is 0.685. The van der Waals surface area contributed by atoms with Crippen molar-refractivity contribution in [2.24, 2.45) is 0 Å². The van der Waals surface area contributed by atoms with Gasteiger partial charge in [-0.2, -0.15) is 0 Å². The van der Waals surface area contributed by atoms with E-state index in [1.807, 2.05) is 0 Å². The highest BCUT2D eigenvalue weighted by Gasteiger charge is 2.28. The molecule has 1 amide bonds. The van der Waals surface area contributed by atoms with Crippen molar-refractivity contribution in [2.75, 3.05) is 20.8 Å². The summed E-state index contributed by atoms with van der Waals surface area (Å²) >= 11 is 0. The van der Waals surface area contributed by atoms with Crippen molar-refractivity contribution in [2.45, 2.75) is 25.0 Å². The predicted molar refractivity (Wildman–Crippen MR) is 58.5 cm³/mol. The molecule has 7 nitrogen and oxygen atoms in total. The number of aromatic nitrogens is 3. The molecular weight excluding hydrogens is 224 g/mol. The van der Waals surface area contributed by atoms with Crippen LogP contribution >= 0.6 is 0 Å². The number of hydrogen-bond donors (Lipinski definition) is 2. The molecule has 1 aromatic heterocycles. The standard InChI is InChI=1S/C10H16N4O3/c1-16-7(17-2)5-11-10(15)9-12-8(13-14-9)6-3-4-6/h6-7H,3-5H2,1-2H3,(H,11,15)(H,12,13,14). The Morgan fingerprint density at radius 1 is 1.53 bits per heavy atom. The van der Waals surface area contributed by atoms with E-state index in [0.29, 0.717) is 5.92 Å². The minimum Gasteiger partial charge on any atom is -0.354 e. The fourth-order valence-corrected chi connectivity index (χ4v) is 1.43. The van der Waals surface area contributed by atoms with Crippen molar-refractivity contribution < 1.29 is 14.3 Å². The van der Waals surface area contributed by atoms with E-state index in [4.69, 9.17) is 9.47 Å². The molecule has 0 bridgehead atoms. The summed E-state index contributed by atoms with van der Waals surface area (Å²) in [6, 6.07) is 0. The number of aromatic amines is 1. The Morgan fingerprint density at radius 3 is 2.82 bits per heavy atom. The van der Waals surface area contributed by atoms with Crippen molar-refractivity contribution in [1.29, 1.82) is 0 Å². The topological polar surface area (TPSA) is 89.1 Å². The Balaban J connectivity index is 1.85. The summed E-state index contributed by atoms with van der Waals surface area (Å²) in [5, 5.41) is 9.30. The average molecular weight is 240 g/mol. The van der Waals surface area contributed by atoms with Gasteiger partial charge in [-0.1, -0.05) is 0 Å². The first-order valence-electron chi connectivity index (χ1n) is 5.50. The number of nitrogens with zero attached hydrogens (tertiary/aromatic N) is 2. The normalized spacial score (nSPS) is 15.2. The number of rotatable bonds is 6. The molecule has 0 spiro atoms. The van der Waals surface area contributed by atoms with Crippen molar-refractivity contribution in [3.05, 3.63) is 11.6 Å². The molecule has 2 rings (SSSR count). The molecule has 1 aromatic rings. The van der Waals surface area contributed by atoms with Crippen LogP contribution in [0, 0.1) is 0 Å². The number of amides is 1. The maximum atomic E-state index is 11.7. The van der Waals surface area contributed by atoms with E-state index in [2.05, 4.69) is 20.5 Å². The van der Waals surface area contributed by atoms with Crippen LogP contribution in [0.1, 0.15) is 35.2 Å². The number of ether oxygens (including phenoxy) is 2. The second-order valence-electron chi connectivity index (χ2n) is 3.93. The minimum absolute atomic E-state index is 0.165. The Morgan fingerprint density at radius 2 is 2.24 bits per heavy atom. The van der Waals surface area contributed by atoms with E-state index < -0.39 is 6.29 Å². The summed E-state index contributed by atoms with van der Waals surface area (Å²) in [6.45, 7) is 0.263. The molecule has 0 aromatic carbocycles. The molecule has 2 N–H and O–H groups in total. The number of H-pyrrole nitrogens is 1. The first kappa shape index (κ1) is 12.0. The minimum atomic E-state index is -0.458. The van der Waals surface area contributed by atoms with Gasteiger partial charge in [-0.15, -0.1) is 5.10 Å². The Labute approximate surface area is 98.9 Å². The van der Waals surface area contributed by atoms with Crippen LogP contribution in [-0.4, -0.2) is 48.1 Å². The van der Waals surface area contributed by atoms with Crippen LogP contribution in [0.2, 0.25) is 0 Å². The summed E-state index contributed by atoms with van der Waals surface area (Å²) in [5.74, 6) is 1.09. The van der Waals surface area contributed by atoms with E-state index >= 15 is 0 Å². The Hall–Kier alpha value is -1.47. The first-order chi connectivity index (χ1) is 8.24. The monoisotopic (exact) mass is 240 g/mol. The SMILES string of the molecule is COC(CNC(=O)c1n[nH]c(C2CC2)n1)OC. The van der Waals surface area contributed by atoms with Gasteiger partial charge in [-0.25, -0.2) is 4.98 Å². The summed E-state index contributed by atoms with van der Waals surface area (Å²) in [5.41, 5.74) is 0. The molecule has 0 atom stereocenters. The van der Waals surface area contributed by atoms with Crippen LogP contribution < -0.4 is 5.32 Å². The lowest BCUT2D eigenvalue weighted by Gasteiger charge is -2.12. The molecular formula is C10H16N4O3. The zero-order valence-electron chi connectivity index (χ0n) is 9.90. The van der Waals surface area contributed by atoms with Gasteiger partial charge in [0.1, 0.15) is 5.82 Å². The van der Waals surface area contributed by atoms with Crippen LogP contribution in [0.5, 0.6) is 0 Å². The molecule has 0 radical (unpaired) electrons. The maximum absolute atomic E-state index is 11.7. The molecule has 0 aliphatic heterocycles. The van der Waals surface area contributed by atoms with Crippen molar-refractivity contribution in [1.82, 2.24) is 20.5 Å². The number of carbonyl (C=O) groups excluding carboxylic acids is 1. The van der Waals surface area contributed by atoms with Gasteiger partial charge in [-0.3, -0.25) is 9.89 Å². The molecule has 1 saturated carbocycles. The van der Waals surface area contributed by atoms with Crippen LogP contribution in [0.25, 0.3) is 0 Å². The van der Waals surface area contributed by atoms with E-state index in [0.717, 1.165) is 18.7 Å². The first-order valence-corrected chi connectivity index (χ1v) is 5.50. The van der Waals surface area contributed by atoms with Crippen LogP contribution in [0.4, 0.5) is 0 Å². The van der Waals surface area contributed by atoms with Crippen molar-refractivity contribution in [3.8, 4) is 0 Å². The third-order valence-corrected chi connectivity index (χ3v) is 2.62. The van der Waals surface area contributed by atoms with E-state index in [-0.39, 0.29) is 18.3 Å². The third-order valence-electron chi connectivity index (χ3n) is 2.62. The summed E-state index contributed by atoms with van der Waals surface area (Å²) < 4.78 is 9.91. The number of methoxy groups -OCH3 is 2. The predicted octanol–water partition coefficient (Wildman–Crippen LogP) is 0.0308. The van der Waals surface area contributed by atoms with Crippen LogP contribution in [0.15, 0.2) is 0 Å². The molecule has 17 heavy (non-hydrogen) atoms. The second-order valence-corrected chi connectivity index (χ2v) is 3.93. The van der Waals surface area contributed by atoms with Gasteiger partial charge in [0.25, 0.3) is 5.91 Å². The largest absolute Gasteiger partial charge is 0.354 e. The lowest BCUT2D eigenvalue weighted by Crippen LogP contribution is -2.34. The average Bonchev–Trinajstić information content (AvgIpc) is 3.08. The highest BCUT2D eigenvalue weighted by atomic mass is 16.7. The molecule has 94 valence electrons. The van der Waals surface area contributed by atoms with Crippen molar-refractivity contribution in [3.63, 3.8) is 0 Å². The maximum Gasteiger partial charge on any atom is 0.291 e. The molecule has 0 unspecified atom stereocenters. The molecule has 0 saturated heterocycles. The smallest absolute Gasteiger partial charge is 0.291 e. The van der Waals surface area contributed by atoms with Gasteiger partial charge < -0.3 is 14.8 Å². The zero-order chi connectivity index (χ0) is 12.3. The van der Waals surface area contributed by atoms with Crippen LogP contribution in [0.3, 0.4) is 0 Å². The highest BCUT2D eigenvalue weighted by molar-refractivity contribution is 5.90. The number of nitrogens with one attached hydrogen (secondary N) is 2. The molecule has 1 aliphatic rings. The molecule has 1 fully saturated rings. The van der Waals surface area contributed by atoms with Gasteiger partial charge >= 0.3 is 0 Å². The third kappa shape index (κ3) is 3.01. The lowest BCUT2D eigenvalue weighted by molar-refractivity contribution is -0.0974. The molecule has 1 heterocycles. The number of hydrogen-bond acceptors (Lipinski definition) is 5. The highest BCUT2D eigenvalue weighted by Crippen LogP contribution is 2.37. The molecule has 7 heteroatoms. The van der Waals surface area contributed by atoms with Crippen molar-refractivity contribution >= 4 is 5.91 Å². The van der Waals surface area contributed by atoms with E-state index in [1.54, 1.807) is 0 Å². The van der Waals surface area contributed by atoms with Gasteiger partial charge in [0.05, 0.1) is 6.54 Å².